The van der Waals surface area contributed by atoms with Crippen LogP contribution in [0.2, 0.25) is 0 Å². The van der Waals surface area contributed by atoms with E-state index in [1.54, 1.807) is 0 Å². The lowest BCUT2D eigenvalue weighted by molar-refractivity contribution is -0.142. The number of aromatic nitrogens is 2. The molecule has 2 aromatic rings. The molecule has 0 aliphatic carbocycles. The summed E-state index contributed by atoms with van der Waals surface area (Å²) >= 11 is 0. The third-order valence-corrected chi connectivity index (χ3v) is 3.05. The predicted octanol–water partition coefficient (Wildman–Crippen LogP) is 2.99. The Morgan fingerprint density at radius 3 is 2.45 bits per heavy atom. The molecule has 8 heteroatoms. The molecule has 22 heavy (non-hydrogen) atoms. The van der Waals surface area contributed by atoms with Gasteiger partial charge in [-0.25, -0.2) is 9.48 Å². The number of hydrogen-bond acceptors (Lipinski definition) is 4. The van der Waals surface area contributed by atoms with E-state index in [0.717, 1.165) is 11.8 Å². The highest BCUT2D eigenvalue weighted by Gasteiger charge is 2.39. The minimum atomic E-state index is -4.64. The molecule has 1 aromatic carbocycles. The summed E-state index contributed by atoms with van der Waals surface area (Å²) in [5.74, 6) is -0.939. The first-order valence-electron chi connectivity index (χ1n) is 6.19. The van der Waals surface area contributed by atoms with Gasteiger partial charge in [0.05, 0.1) is 31.2 Å². The van der Waals surface area contributed by atoms with Crippen LogP contribution in [0.4, 0.5) is 13.2 Å². The lowest BCUT2D eigenvalue weighted by atomic mass is 10.2. The summed E-state index contributed by atoms with van der Waals surface area (Å²) in [6.45, 7) is 1.45. The molecule has 2 rings (SSSR count). The Kier molecular flexibility index (Phi) is 4.11. The smallest absolute Gasteiger partial charge is 0.438 e. The quantitative estimate of drug-likeness (QED) is 0.817. The first-order valence-corrected chi connectivity index (χ1v) is 6.19. The molecular weight excluding hydrogens is 301 g/mol. The molecule has 0 aliphatic heterocycles. The van der Waals surface area contributed by atoms with Gasteiger partial charge in [-0.3, -0.25) is 0 Å². The fourth-order valence-corrected chi connectivity index (χ4v) is 2.05. The van der Waals surface area contributed by atoms with Crippen molar-refractivity contribution in [1.82, 2.24) is 9.78 Å². The fraction of sp³-hybridized carbons (Fsp3) is 0.286. The summed E-state index contributed by atoms with van der Waals surface area (Å²) in [6, 6.07) is 5.95. The van der Waals surface area contributed by atoms with Crippen LogP contribution in [0.3, 0.4) is 0 Å². The molecule has 0 aliphatic rings. The molecule has 0 atom stereocenters. The Morgan fingerprint density at radius 1 is 1.27 bits per heavy atom. The Labute approximate surface area is 124 Å². The van der Waals surface area contributed by atoms with Gasteiger partial charge in [-0.1, -0.05) is 6.07 Å². The summed E-state index contributed by atoms with van der Waals surface area (Å²) < 4.78 is 49.4. The van der Waals surface area contributed by atoms with E-state index in [0.29, 0.717) is 5.69 Å². The second kappa shape index (κ2) is 5.70. The molecule has 0 spiro atoms. The van der Waals surface area contributed by atoms with Gasteiger partial charge in [-0.05, 0) is 25.1 Å². The maximum Gasteiger partial charge on any atom is 0.438 e. The van der Waals surface area contributed by atoms with Gasteiger partial charge in [-0.15, -0.1) is 0 Å². The molecule has 1 heterocycles. The van der Waals surface area contributed by atoms with Crippen molar-refractivity contribution in [2.45, 2.75) is 13.1 Å². The number of nitrogens with zero attached hydrogens (tertiary/aromatic N) is 2. The van der Waals surface area contributed by atoms with E-state index in [-0.39, 0.29) is 17.0 Å². The number of esters is 1. The molecule has 0 fully saturated rings. The molecule has 5 nitrogen and oxygen atoms in total. The minimum Gasteiger partial charge on any atom is -0.493 e. The van der Waals surface area contributed by atoms with Crippen molar-refractivity contribution in [3.05, 3.63) is 41.2 Å². The summed E-state index contributed by atoms with van der Waals surface area (Å²) in [4.78, 5) is 11.5. The lowest BCUT2D eigenvalue weighted by Gasteiger charge is -2.06. The van der Waals surface area contributed by atoms with Gasteiger partial charge in [0.2, 0.25) is 5.69 Å². The topological polar surface area (TPSA) is 53.4 Å². The van der Waals surface area contributed by atoms with Gasteiger partial charge in [0.25, 0.3) is 0 Å². The zero-order valence-corrected chi connectivity index (χ0v) is 12.1. The second-order valence-corrected chi connectivity index (χ2v) is 4.42. The number of alkyl halides is 3. The zero-order valence-electron chi connectivity index (χ0n) is 12.1. The Morgan fingerprint density at radius 2 is 1.95 bits per heavy atom. The van der Waals surface area contributed by atoms with Crippen molar-refractivity contribution in [2.24, 2.45) is 0 Å². The Balaban J connectivity index is 2.59. The normalized spacial score (nSPS) is 11.4. The van der Waals surface area contributed by atoms with Crippen molar-refractivity contribution in [1.29, 1.82) is 0 Å². The van der Waals surface area contributed by atoms with Crippen LogP contribution in [0.1, 0.15) is 21.7 Å². The monoisotopic (exact) mass is 314 g/mol. The average molecular weight is 314 g/mol. The minimum absolute atomic E-state index is 0.178. The SMILES string of the molecule is COC(=O)c1cccc(-n2nc(C(F)(F)F)c(OC)c2C)c1. The second-order valence-electron chi connectivity index (χ2n) is 4.42. The molecule has 1 aromatic heterocycles. The molecule has 0 unspecified atom stereocenters. The molecule has 0 amide bonds. The molecule has 0 N–H and O–H groups in total. The average Bonchev–Trinajstić information content (AvgIpc) is 2.83. The van der Waals surface area contributed by atoms with Crippen LogP contribution in [0.15, 0.2) is 24.3 Å². The number of ether oxygens (including phenoxy) is 2. The zero-order chi connectivity index (χ0) is 16.5. The number of methoxy groups -OCH3 is 2. The largest absolute Gasteiger partial charge is 0.493 e. The summed E-state index contributed by atoms with van der Waals surface area (Å²) in [6.07, 6.45) is -4.64. The van der Waals surface area contributed by atoms with Crippen LogP contribution in [-0.4, -0.2) is 30.0 Å². The first-order chi connectivity index (χ1) is 10.3. The van der Waals surface area contributed by atoms with Gasteiger partial charge < -0.3 is 9.47 Å². The van der Waals surface area contributed by atoms with E-state index in [2.05, 4.69) is 9.84 Å². The Hall–Kier alpha value is -2.51. The highest BCUT2D eigenvalue weighted by atomic mass is 19.4. The molecule has 0 saturated carbocycles. The maximum atomic E-state index is 13.0. The number of carbonyl (C=O) groups is 1. The van der Waals surface area contributed by atoms with Crippen molar-refractivity contribution in [3.63, 3.8) is 0 Å². The van der Waals surface area contributed by atoms with Crippen LogP contribution in [0.5, 0.6) is 5.75 Å². The first kappa shape index (κ1) is 15.9. The van der Waals surface area contributed by atoms with Crippen LogP contribution < -0.4 is 4.74 Å². The van der Waals surface area contributed by atoms with E-state index in [4.69, 9.17) is 4.74 Å². The number of benzene rings is 1. The van der Waals surface area contributed by atoms with Gasteiger partial charge in [-0.2, -0.15) is 18.3 Å². The standard InChI is InChI=1S/C14H13F3N2O3/c1-8-11(21-2)12(14(15,16)17)18-19(8)10-6-4-5-9(7-10)13(20)22-3/h4-7H,1-3H3. The van der Waals surface area contributed by atoms with Gasteiger partial charge >= 0.3 is 12.1 Å². The van der Waals surface area contributed by atoms with E-state index in [9.17, 15) is 18.0 Å². The van der Waals surface area contributed by atoms with Crippen molar-refractivity contribution < 1.29 is 27.4 Å². The van der Waals surface area contributed by atoms with Crippen LogP contribution >= 0.6 is 0 Å². The number of rotatable bonds is 3. The predicted molar refractivity (Wildman–Crippen MR) is 71.2 cm³/mol. The molecule has 0 bridgehead atoms. The van der Waals surface area contributed by atoms with Gasteiger partial charge in [0.1, 0.15) is 0 Å². The number of hydrogen-bond donors (Lipinski definition) is 0. The van der Waals surface area contributed by atoms with Crippen molar-refractivity contribution in [3.8, 4) is 11.4 Å². The van der Waals surface area contributed by atoms with E-state index >= 15 is 0 Å². The van der Waals surface area contributed by atoms with Crippen molar-refractivity contribution in [2.75, 3.05) is 14.2 Å². The van der Waals surface area contributed by atoms with Gasteiger partial charge in [0.15, 0.2) is 5.75 Å². The van der Waals surface area contributed by atoms with Crippen LogP contribution in [0.25, 0.3) is 5.69 Å². The van der Waals surface area contributed by atoms with E-state index in [1.165, 1.54) is 38.3 Å². The summed E-state index contributed by atoms with van der Waals surface area (Å²) in [5, 5.41) is 3.56. The summed E-state index contributed by atoms with van der Waals surface area (Å²) in [7, 11) is 2.37. The maximum absolute atomic E-state index is 13.0. The van der Waals surface area contributed by atoms with Gasteiger partial charge in [0, 0.05) is 0 Å². The molecule has 0 saturated heterocycles. The lowest BCUT2D eigenvalue weighted by Crippen LogP contribution is -2.09. The highest BCUT2D eigenvalue weighted by Crippen LogP contribution is 2.38. The van der Waals surface area contributed by atoms with Crippen LogP contribution in [-0.2, 0) is 10.9 Å². The number of carbonyl (C=O) groups excluding carboxylic acids is 1. The fourth-order valence-electron chi connectivity index (χ4n) is 2.05. The van der Waals surface area contributed by atoms with E-state index in [1.807, 2.05) is 0 Å². The van der Waals surface area contributed by atoms with Crippen LogP contribution in [0, 0.1) is 6.92 Å². The molecule has 0 radical (unpaired) electrons. The molecular formula is C14H13F3N2O3. The number of halogens is 3. The highest BCUT2D eigenvalue weighted by molar-refractivity contribution is 5.89. The van der Waals surface area contributed by atoms with Crippen molar-refractivity contribution >= 4 is 5.97 Å². The molecule has 118 valence electrons. The van der Waals surface area contributed by atoms with E-state index < -0.39 is 17.8 Å². The third kappa shape index (κ3) is 2.76. The Bertz CT molecular complexity index is 708. The third-order valence-electron chi connectivity index (χ3n) is 3.05. The summed E-state index contributed by atoms with van der Waals surface area (Å²) in [5.41, 5.74) is -0.426.